The van der Waals surface area contributed by atoms with Crippen molar-refractivity contribution in [2.75, 3.05) is 12.3 Å². The predicted molar refractivity (Wildman–Crippen MR) is 129 cm³/mol. The summed E-state index contributed by atoms with van der Waals surface area (Å²) < 4.78 is 0. The van der Waals surface area contributed by atoms with Crippen LogP contribution in [0.3, 0.4) is 0 Å². The maximum absolute atomic E-state index is 14.0. The van der Waals surface area contributed by atoms with Crippen LogP contribution < -0.4 is 0 Å². The minimum Gasteiger partial charge on any atom is -0.272 e. The highest BCUT2D eigenvalue weighted by Gasteiger charge is 2.68. The number of nitrogens with zero attached hydrogens (tertiary/aromatic N) is 3. The van der Waals surface area contributed by atoms with Gasteiger partial charge in [-0.2, -0.15) is 5.01 Å². The molecule has 0 N–H and O–H groups in total. The summed E-state index contributed by atoms with van der Waals surface area (Å²) in [5.41, 5.74) is 0.680. The van der Waals surface area contributed by atoms with Crippen molar-refractivity contribution in [2.45, 2.75) is 53.0 Å². The van der Waals surface area contributed by atoms with Gasteiger partial charge in [-0.1, -0.05) is 75.0 Å². The lowest BCUT2D eigenvalue weighted by molar-refractivity contribution is -0.153. The van der Waals surface area contributed by atoms with Gasteiger partial charge in [-0.25, -0.2) is 0 Å². The smallest absolute Gasteiger partial charge is 0.253 e. The lowest BCUT2D eigenvalue weighted by Gasteiger charge is -2.55. The average molecular weight is 452 g/mol. The SMILES string of the molecule is CC(C)[C@@]12C=C[C@@](C)(CC1)C1C(=O)N(N3CCCCSC3=NCc3ccccc3)C(=O)C12. The maximum Gasteiger partial charge on any atom is 0.253 e. The number of imide groups is 1. The molecule has 2 unspecified atom stereocenters. The van der Waals surface area contributed by atoms with Crippen molar-refractivity contribution in [2.24, 2.45) is 33.6 Å². The topological polar surface area (TPSA) is 53.0 Å². The Morgan fingerprint density at radius 1 is 1.06 bits per heavy atom. The van der Waals surface area contributed by atoms with Gasteiger partial charge in [-0.3, -0.25) is 19.6 Å². The van der Waals surface area contributed by atoms with Gasteiger partial charge < -0.3 is 0 Å². The lowest BCUT2D eigenvalue weighted by atomic mass is 9.46. The number of aliphatic imine (C=N–C) groups is 1. The van der Waals surface area contributed by atoms with Crippen molar-refractivity contribution in [1.82, 2.24) is 10.0 Å². The zero-order valence-corrected chi connectivity index (χ0v) is 20.1. The van der Waals surface area contributed by atoms with E-state index in [-0.39, 0.29) is 34.5 Å². The number of thioether (sulfide) groups is 1. The van der Waals surface area contributed by atoms with Gasteiger partial charge in [0.05, 0.1) is 18.4 Å². The molecule has 0 spiro atoms. The number of hydrazine groups is 1. The van der Waals surface area contributed by atoms with Crippen LogP contribution in [0.1, 0.15) is 52.0 Å². The molecule has 2 aliphatic heterocycles. The second kappa shape index (κ2) is 8.05. The van der Waals surface area contributed by atoms with Crippen molar-refractivity contribution in [3.63, 3.8) is 0 Å². The van der Waals surface area contributed by atoms with E-state index in [1.165, 1.54) is 5.01 Å². The molecule has 2 saturated heterocycles. The summed E-state index contributed by atoms with van der Waals surface area (Å²) in [4.78, 5) is 32.8. The summed E-state index contributed by atoms with van der Waals surface area (Å²) in [6.45, 7) is 7.78. The Kier molecular flexibility index (Phi) is 5.47. The third-order valence-corrected chi connectivity index (χ3v) is 9.31. The molecule has 5 nitrogen and oxygen atoms in total. The van der Waals surface area contributed by atoms with Crippen LogP contribution in [0.2, 0.25) is 0 Å². The average Bonchev–Trinajstić information content (AvgIpc) is 2.93. The van der Waals surface area contributed by atoms with E-state index in [0.29, 0.717) is 19.0 Å². The summed E-state index contributed by atoms with van der Waals surface area (Å²) in [6, 6.07) is 10.2. The van der Waals surface area contributed by atoms with Crippen LogP contribution in [0.4, 0.5) is 0 Å². The van der Waals surface area contributed by atoms with Gasteiger partial charge in [-0.05, 0) is 42.6 Å². The molecule has 1 aromatic carbocycles. The zero-order chi connectivity index (χ0) is 22.5. The van der Waals surface area contributed by atoms with Gasteiger partial charge in [0.1, 0.15) is 0 Å². The van der Waals surface area contributed by atoms with Gasteiger partial charge in [0.2, 0.25) is 0 Å². The molecule has 32 heavy (non-hydrogen) atoms. The highest BCUT2D eigenvalue weighted by Crippen LogP contribution is 2.64. The molecule has 6 heteroatoms. The van der Waals surface area contributed by atoms with E-state index >= 15 is 0 Å². The molecular formula is C26H33N3O2S. The summed E-state index contributed by atoms with van der Waals surface area (Å²) in [5.74, 6) is 0.715. The Morgan fingerprint density at radius 3 is 2.50 bits per heavy atom. The van der Waals surface area contributed by atoms with Crippen molar-refractivity contribution in [1.29, 1.82) is 0 Å². The van der Waals surface area contributed by atoms with Crippen LogP contribution in [0, 0.1) is 28.6 Å². The van der Waals surface area contributed by atoms with Crippen molar-refractivity contribution >= 4 is 28.7 Å². The van der Waals surface area contributed by atoms with E-state index in [2.05, 4.69) is 45.1 Å². The lowest BCUT2D eigenvalue weighted by Crippen LogP contribution is -2.53. The standard InChI is InChI=1S/C26H33N3O2S/c1-18(2)26-13-11-25(3,12-14-26)20-21(26)23(31)29(22(20)30)28-15-7-8-16-32-24(28)27-17-19-9-5-4-6-10-19/h4-6,9-11,13,18,20-21H,7-8,12,14-17H2,1-3H3/t20?,21?,25-,26+/m0/s1. The Hall–Kier alpha value is -2.08. The first-order chi connectivity index (χ1) is 15.4. The van der Waals surface area contributed by atoms with E-state index < -0.39 is 0 Å². The quantitative estimate of drug-likeness (QED) is 0.483. The molecule has 6 rings (SSSR count). The molecule has 0 radical (unpaired) electrons. The van der Waals surface area contributed by atoms with E-state index in [9.17, 15) is 9.59 Å². The Labute approximate surface area is 195 Å². The van der Waals surface area contributed by atoms with Crippen LogP contribution in [-0.2, 0) is 16.1 Å². The minimum atomic E-state index is -0.264. The van der Waals surface area contributed by atoms with E-state index in [1.54, 1.807) is 11.8 Å². The second-order valence-corrected chi connectivity index (χ2v) is 11.4. The van der Waals surface area contributed by atoms with Crippen molar-refractivity contribution in [3.05, 3.63) is 48.0 Å². The highest BCUT2D eigenvalue weighted by atomic mass is 32.2. The van der Waals surface area contributed by atoms with Crippen molar-refractivity contribution in [3.8, 4) is 0 Å². The third kappa shape index (κ3) is 3.25. The summed E-state index contributed by atoms with van der Waals surface area (Å²) in [6.07, 6.45) is 8.49. The molecule has 0 aromatic heterocycles. The molecule has 2 bridgehead atoms. The molecule has 2 heterocycles. The third-order valence-electron chi connectivity index (χ3n) is 8.22. The van der Waals surface area contributed by atoms with Crippen LogP contribution in [-0.4, -0.2) is 39.3 Å². The van der Waals surface area contributed by atoms with E-state index in [0.717, 1.165) is 42.2 Å². The van der Waals surface area contributed by atoms with Crippen LogP contribution in [0.15, 0.2) is 47.5 Å². The van der Waals surface area contributed by atoms with E-state index in [4.69, 9.17) is 4.99 Å². The number of hydrogen-bond donors (Lipinski definition) is 0. The zero-order valence-electron chi connectivity index (χ0n) is 19.3. The first kappa shape index (κ1) is 21.7. The molecule has 4 atom stereocenters. The minimum absolute atomic E-state index is 0.0149. The molecule has 1 aromatic rings. The first-order valence-corrected chi connectivity index (χ1v) is 12.9. The van der Waals surface area contributed by atoms with Gasteiger partial charge in [0, 0.05) is 17.7 Å². The summed E-state index contributed by atoms with van der Waals surface area (Å²) >= 11 is 1.67. The number of amidine groups is 1. The molecule has 3 aliphatic carbocycles. The van der Waals surface area contributed by atoms with Crippen molar-refractivity contribution < 1.29 is 9.59 Å². The maximum atomic E-state index is 14.0. The number of amides is 2. The monoisotopic (exact) mass is 451 g/mol. The molecule has 170 valence electrons. The fourth-order valence-corrected chi connectivity index (χ4v) is 7.22. The van der Waals surface area contributed by atoms with Gasteiger partial charge >= 0.3 is 0 Å². The van der Waals surface area contributed by atoms with Gasteiger partial charge in [0.25, 0.3) is 11.8 Å². The molecule has 3 fully saturated rings. The highest BCUT2D eigenvalue weighted by molar-refractivity contribution is 8.13. The first-order valence-electron chi connectivity index (χ1n) is 11.9. The van der Waals surface area contributed by atoms with Gasteiger partial charge in [-0.15, -0.1) is 0 Å². The number of carbonyl (C=O) groups excluding carboxylic acids is 2. The van der Waals surface area contributed by atoms with Crippen LogP contribution in [0.25, 0.3) is 0 Å². The normalized spacial score (nSPS) is 35.7. The van der Waals surface area contributed by atoms with Crippen LogP contribution >= 0.6 is 11.8 Å². The number of rotatable bonds is 4. The summed E-state index contributed by atoms with van der Waals surface area (Å²) in [5, 5.41) is 4.22. The predicted octanol–water partition coefficient (Wildman–Crippen LogP) is 4.90. The number of hydrogen-bond acceptors (Lipinski definition) is 4. The number of fused-ring (bicyclic) bond motifs is 1. The molecule has 1 saturated carbocycles. The fourth-order valence-electron chi connectivity index (χ4n) is 6.21. The largest absolute Gasteiger partial charge is 0.272 e. The molecule has 5 aliphatic rings. The Morgan fingerprint density at radius 2 is 1.81 bits per heavy atom. The number of allylic oxidation sites excluding steroid dienone is 2. The molecular weight excluding hydrogens is 418 g/mol. The van der Waals surface area contributed by atoms with E-state index in [1.807, 2.05) is 23.2 Å². The van der Waals surface area contributed by atoms with Crippen LogP contribution in [0.5, 0.6) is 0 Å². The number of carbonyl (C=O) groups is 2. The summed E-state index contributed by atoms with van der Waals surface area (Å²) in [7, 11) is 0. The second-order valence-electron chi connectivity index (χ2n) is 10.3. The van der Waals surface area contributed by atoms with Gasteiger partial charge in [0.15, 0.2) is 5.17 Å². The Bertz CT molecular complexity index is 975. The molecule has 2 amide bonds. The fraction of sp³-hybridized carbons (Fsp3) is 0.577. The Balaban J connectivity index is 1.51. The number of benzene rings is 1.